The van der Waals surface area contributed by atoms with Crippen LogP contribution in [0.2, 0.25) is 0 Å². The maximum atomic E-state index is 8.78. The lowest BCUT2D eigenvalue weighted by atomic mass is 10.1. The molecule has 2 aromatic rings. The fourth-order valence-electron chi connectivity index (χ4n) is 1.92. The van der Waals surface area contributed by atoms with E-state index in [4.69, 9.17) is 5.26 Å². The molecule has 96 valence electrons. The van der Waals surface area contributed by atoms with Gasteiger partial charge in [-0.2, -0.15) is 9.64 Å². The van der Waals surface area contributed by atoms with Crippen LogP contribution in [0.5, 0.6) is 0 Å². The summed E-state index contributed by atoms with van der Waals surface area (Å²) in [6, 6.07) is 9.90. The molecule has 1 aliphatic rings. The topological polar surface area (TPSA) is 61.6 Å². The van der Waals surface area contributed by atoms with Gasteiger partial charge in [-0.1, -0.05) is 12.1 Å². The molecular formula is C14H14N4S. The molecule has 0 aliphatic heterocycles. The van der Waals surface area contributed by atoms with E-state index in [1.807, 2.05) is 24.3 Å². The molecule has 0 bridgehead atoms. The number of benzene rings is 1. The fraction of sp³-hybridized carbons (Fsp3) is 0.357. The SMILES string of the molecule is CC(Nc1nc(C2CC2)ns1)c1ccc(C#N)cc1. The Hall–Kier alpha value is -1.93. The van der Waals surface area contributed by atoms with Crippen molar-refractivity contribution < 1.29 is 0 Å². The Morgan fingerprint density at radius 3 is 2.74 bits per heavy atom. The molecule has 0 amide bonds. The molecular weight excluding hydrogens is 256 g/mol. The number of nitriles is 1. The summed E-state index contributed by atoms with van der Waals surface area (Å²) in [5.41, 5.74) is 1.82. The van der Waals surface area contributed by atoms with Gasteiger partial charge in [0.15, 0.2) is 0 Å². The smallest absolute Gasteiger partial charge is 0.203 e. The first-order chi connectivity index (χ1) is 9.26. The van der Waals surface area contributed by atoms with Crippen molar-refractivity contribution in [1.29, 1.82) is 5.26 Å². The molecule has 1 heterocycles. The second-order valence-corrected chi connectivity index (χ2v) is 5.58. The minimum atomic E-state index is 0.160. The van der Waals surface area contributed by atoms with Gasteiger partial charge in [0.25, 0.3) is 0 Å². The summed E-state index contributed by atoms with van der Waals surface area (Å²) in [4.78, 5) is 4.52. The minimum Gasteiger partial charge on any atom is -0.354 e. The predicted molar refractivity (Wildman–Crippen MR) is 75.1 cm³/mol. The van der Waals surface area contributed by atoms with Crippen LogP contribution in [-0.4, -0.2) is 9.36 Å². The summed E-state index contributed by atoms with van der Waals surface area (Å²) in [6.07, 6.45) is 2.45. The van der Waals surface area contributed by atoms with Crippen molar-refractivity contribution in [3.05, 3.63) is 41.2 Å². The van der Waals surface area contributed by atoms with Crippen LogP contribution in [-0.2, 0) is 0 Å². The first-order valence-electron chi connectivity index (χ1n) is 6.36. The molecule has 1 atom stereocenters. The summed E-state index contributed by atoms with van der Waals surface area (Å²) < 4.78 is 4.38. The first kappa shape index (κ1) is 12.1. The van der Waals surface area contributed by atoms with Crippen LogP contribution in [0.25, 0.3) is 0 Å². The molecule has 1 aromatic carbocycles. The highest BCUT2D eigenvalue weighted by Crippen LogP contribution is 2.39. The van der Waals surface area contributed by atoms with Crippen molar-refractivity contribution >= 4 is 16.7 Å². The number of aromatic nitrogens is 2. The van der Waals surface area contributed by atoms with Crippen LogP contribution >= 0.6 is 11.5 Å². The maximum Gasteiger partial charge on any atom is 0.203 e. The van der Waals surface area contributed by atoms with Gasteiger partial charge in [-0.3, -0.25) is 0 Å². The average Bonchev–Trinajstić information content (AvgIpc) is 3.20. The molecule has 4 nitrogen and oxygen atoms in total. The van der Waals surface area contributed by atoms with E-state index in [0.717, 1.165) is 16.5 Å². The molecule has 0 spiro atoms. The predicted octanol–water partition coefficient (Wildman–Crippen LogP) is 3.46. The van der Waals surface area contributed by atoms with Gasteiger partial charge in [0, 0.05) is 17.5 Å². The molecule has 19 heavy (non-hydrogen) atoms. The van der Waals surface area contributed by atoms with E-state index >= 15 is 0 Å². The highest BCUT2D eigenvalue weighted by Gasteiger charge is 2.27. The molecule has 0 saturated heterocycles. The zero-order chi connectivity index (χ0) is 13.2. The fourth-order valence-corrected chi connectivity index (χ4v) is 2.65. The monoisotopic (exact) mass is 270 g/mol. The lowest BCUT2D eigenvalue weighted by molar-refractivity contribution is 0.875. The van der Waals surface area contributed by atoms with Gasteiger partial charge in [-0.05, 0) is 37.5 Å². The molecule has 0 radical (unpaired) electrons. The second kappa shape index (κ2) is 4.98. The van der Waals surface area contributed by atoms with E-state index in [-0.39, 0.29) is 6.04 Å². The number of rotatable bonds is 4. The lowest BCUT2D eigenvalue weighted by Gasteiger charge is -2.12. The van der Waals surface area contributed by atoms with Crippen LogP contribution in [0.15, 0.2) is 24.3 Å². The van der Waals surface area contributed by atoms with E-state index in [1.54, 1.807) is 0 Å². The minimum absolute atomic E-state index is 0.160. The molecule has 1 aromatic heterocycles. The quantitative estimate of drug-likeness (QED) is 0.924. The summed E-state index contributed by atoms with van der Waals surface area (Å²) in [7, 11) is 0. The average molecular weight is 270 g/mol. The number of hydrogen-bond acceptors (Lipinski definition) is 5. The van der Waals surface area contributed by atoms with E-state index in [0.29, 0.717) is 11.5 Å². The van der Waals surface area contributed by atoms with Crippen molar-refractivity contribution in [3.8, 4) is 6.07 Å². The Bertz CT molecular complexity index is 607. The number of anilines is 1. The van der Waals surface area contributed by atoms with Crippen LogP contribution < -0.4 is 5.32 Å². The van der Waals surface area contributed by atoms with Crippen molar-refractivity contribution in [3.63, 3.8) is 0 Å². The Morgan fingerprint density at radius 2 is 2.11 bits per heavy atom. The largest absolute Gasteiger partial charge is 0.354 e. The molecule has 1 unspecified atom stereocenters. The Balaban J connectivity index is 1.68. The van der Waals surface area contributed by atoms with Crippen molar-refractivity contribution in [1.82, 2.24) is 9.36 Å². The molecule has 3 rings (SSSR count). The summed E-state index contributed by atoms with van der Waals surface area (Å²) in [5.74, 6) is 1.58. The number of hydrogen-bond donors (Lipinski definition) is 1. The summed E-state index contributed by atoms with van der Waals surface area (Å²) in [6.45, 7) is 2.08. The van der Waals surface area contributed by atoms with Gasteiger partial charge in [0.1, 0.15) is 5.82 Å². The first-order valence-corrected chi connectivity index (χ1v) is 7.14. The van der Waals surface area contributed by atoms with Gasteiger partial charge in [0.05, 0.1) is 17.7 Å². The van der Waals surface area contributed by atoms with Crippen LogP contribution in [0, 0.1) is 11.3 Å². The summed E-state index contributed by atoms with van der Waals surface area (Å²) in [5, 5.41) is 13.0. The van der Waals surface area contributed by atoms with Gasteiger partial charge in [-0.25, -0.2) is 4.98 Å². The standard InChI is InChI=1S/C14H14N4S/c1-9(11-4-2-10(8-15)3-5-11)16-14-17-13(18-19-14)12-6-7-12/h2-5,9,12H,6-7H2,1H3,(H,16,17,18). The van der Waals surface area contributed by atoms with Gasteiger partial charge >= 0.3 is 0 Å². The normalized spacial score (nSPS) is 15.8. The van der Waals surface area contributed by atoms with Crippen molar-refractivity contribution in [2.45, 2.75) is 31.7 Å². The third-order valence-corrected chi connectivity index (χ3v) is 3.92. The van der Waals surface area contributed by atoms with E-state index < -0.39 is 0 Å². The third-order valence-electron chi connectivity index (χ3n) is 3.26. The lowest BCUT2D eigenvalue weighted by Crippen LogP contribution is -2.06. The summed E-state index contributed by atoms with van der Waals surface area (Å²) >= 11 is 1.42. The molecule has 1 N–H and O–H groups in total. The van der Waals surface area contributed by atoms with E-state index in [2.05, 4.69) is 27.7 Å². The van der Waals surface area contributed by atoms with Crippen LogP contribution in [0.1, 0.15) is 48.7 Å². The highest BCUT2D eigenvalue weighted by molar-refractivity contribution is 7.09. The molecule has 1 saturated carbocycles. The maximum absolute atomic E-state index is 8.78. The Kier molecular flexibility index (Phi) is 3.18. The highest BCUT2D eigenvalue weighted by atomic mass is 32.1. The van der Waals surface area contributed by atoms with E-state index in [9.17, 15) is 0 Å². The molecule has 5 heteroatoms. The zero-order valence-corrected chi connectivity index (χ0v) is 11.4. The number of nitrogens with zero attached hydrogens (tertiary/aromatic N) is 3. The van der Waals surface area contributed by atoms with Crippen molar-refractivity contribution in [2.75, 3.05) is 5.32 Å². The van der Waals surface area contributed by atoms with Crippen molar-refractivity contribution in [2.24, 2.45) is 0 Å². The van der Waals surface area contributed by atoms with Gasteiger partial charge < -0.3 is 5.32 Å². The Labute approximate surface area is 116 Å². The van der Waals surface area contributed by atoms with Gasteiger partial charge in [-0.15, -0.1) is 0 Å². The Morgan fingerprint density at radius 1 is 1.37 bits per heavy atom. The third kappa shape index (κ3) is 2.74. The van der Waals surface area contributed by atoms with Gasteiger partial charge in [0.2, 0.25) is 5.13 Å². The zero-order valence-electron chi connectivity index (χ0n) is 10.6. The molecule has 1 aliphatic carbocycles. The second-order valence-electron chi connectivity index (χ2n) is 4.83. The van der Waals surface area contributed by atoms with E-state index in [1.165, 1.54) is 24.4 Å². The van der Waals surface area contributed by atoms with Crippen LogP contribution in [0.4, 0.5) is 5.13 Å². The number of nitrogens with one attached hydrogen (secondary N) is 1. The van der Waals surface area contributed by atoms with Crippen LogP contribution in [0.3, 0.4) is 0 Å². The molecule has 1 fully saturated rings.